The van der Waals surface area contributed by atoms with Gasteiger partial charge in [0.25, 0.3) is 0 Å². The number of para-hydroxylation sites is 1. The lowest BCUT2D eigenvalue weighted by Crippen LogP contribution is -2.28. The number of hydrogen-bond acceptors (Lipinski definition) is 4. The molecule has 0 amide bonds. The normalized spacial score (nSPS) is 12.6. The fourth-order valence-electron chi connectivity index (χ4n) is 9.66. The molecule has 0 saturated carbocycles. The van der Waals surface area contributed by atoms with Gasteiger partial charge in [0, 0.05) is 33.0 Å². The monoisotopic (exact) mass is 791 g/mol. The van der Waals surface area contributed by atoms with Crippen LogP contribution in [0.25, 0.3) is 89.5 Å². The van der Waals surface area contributed by atoms with Gasteiger partial charge in [-0.15, -0.1) is 0 Å². The van der Waals surface area contributed by atoms with Crippen molar-refractivity contribution in [2.45, 2.75) is 5.41 Å². The predicted octanol–water partition coefficient (Wildman–Crippen LogP) is 14.5. The van der Waals surface area contributed by atoms with Crippen molar-refractivity contribution in [3.8, 4) is 67.5 Å². The Bertz CT molecular complexity index is 3400. The molecule has 9 aromatic carbocycles. The van der Waals surface area contributed by atoms with Crippen molar-refractivity contribution >= 4 is 21.9 Å². The maximum atomic E-state index is 6.76. The molecule has 0 aliphatic heterocycles. The molecular weight excluding hydrogens is 755 g/mol. The quantitative estimate of drug-likeness (QED) is 0.161. The Morgan fingerprint density at radius 2 is 0.823 bits per heavy atom. The predicted molar refractivity (Wildman–Crippen MR) is 252 cm³/mol. The smallest absolute Gasteiger partial charge is 0.164 e. The van der Waals surface area contributed by atoms with Crippen molar-refractivity contribution in [1.29, 1.82) is 0 Å². The van der Waals surface area contributed by atoms with E-state index in [0.29, 0.717) is 17.5 Å². The van der Waals surface area contributed by atoms with Crippen LogP contribution in [0.3, 0.4) is 0 Å². The summed E-state index contributed by atoms with van der Waals surface area (Å²) in [5.41, 5.74) is 15.5. The molecule has 290 valence electrons. The Hall–Kier alpha value is -8.21. The molecule has 0 radical (unpaired) electrons. The number of nitrogens with zero attached hydrogens (tertiary/aromatic N) is 3. The molecule has 0 N–H and O–H groups in total. The largest absolute Gasteiger partial charge is 0.455 e. The SMILES string of the molecule is c1ccc(-c2ccc(-c3ccc(-c4nc(-c5ccccc5)nc(-c5cccc(C6(c7ccccc7)c7ccccc7-c7ccccc76)c5)n4)c4c3oc3ccccc34)cc2)cc1. The summed E-state index contributed by atoms with van der Waals surface area (Å²) in [6, 6.07) is 79.2. The van der Waals surface area contributed by atoms with Gasteiger partial charge in [0.15, 0.2) is 17.5 Å². The Balaban J connectivity index is 1.06. The van der Waals surface area contributed by atoms with E-state index in [-0.39, 0.29) is 0 Å². The summed E-state index contributed by atoms with van der Waals surface area (Å²) < 4.78 is 6.76. The number of benzene rings is 9. The maximum absolute atomic E-state index is 6.76. The molecule has 1 aliphatic carbocycles. The van der Waals surface area contributed by atoms with Crippen LogP contribution in [0.5, 0.6) is 0 Å². The van der Waals surface area contributed by atoms with Crippen molar-refractivity contribution in [1.82, 2.24) is 15.0 Å². The third-order valence-corrected chi connectivity index (χ3v) is 12.5. The van der Waals surface area contributed by atoms with Crippen LogP contribution in [-0.2, 0) is 5.41 Å². The molecule has 1 aliphatic rings. The van der Waals surface area contributed by atoms with E-state index >= 15 is 0 Å². The van der Waals surface area contributed by atoms with Crippen LogP contribution in [-0.4, -0.2) is 15.0 Å². The minimum absolute atomic E-state index is 0.556. The molecule has 2 aromatic heterocycles. The molecule has 0 saturated heterocycles. The molecule has 4 nitrogen and oxygen atoms in total. The summed E-state index contributed by atoms with van der Waals surface area (Å²) in [7, 11) is 0. The second kappa shape index (κ2) is 14.5. The Labute approximate surface area is 359 Å². The first kappa shape index (κ1) is 35.7. The van der Waals surface area contributed by atoms with Gasteiger partial charge in [-0.25, -0.2) is 15.0 Å². The zero-order valence-electron chi connectivity index (χ0n) is 33.6. The summed E-state index contributed by atoms with van der Waals surface area (Å²) >= 11 is 0. The molecule has 11 aromatic rings. The van der Waals surface area contributed by atoms with Crippen molar-refractivity contribution in [3.05, 3.63) is 247 Å². The van der Waals surface area contributed by atoms with Gasteiger partial charge in [-0.05, 0) is 74.3 Å². The Morgan fingerprint density at radius 1 is 0.323 bits per heavy atom. The molecule has 0 bridgehead atoms. The molecule has 12 rings (SSSR count). The zero-order chi connectivity index (χ0) is 41.0. The van der Waals surface area contributed by atoms with E-state index in [1.165, 1.54) is 33.4 Å². The first-order valence-electron chi connectivity index (χ1n) is 21.0. The highest BCUT2D eigenvalue weighted by atomic mass is 16.3. The van der Waals surface area contributed by atoms with Gasteiger partial charge < -0.3 is 4.42 Å². The van der Waals surface area contributed by atoms with Gasteiger partial charge in [-0.1, -0.05) is 200 Å². The van der Waals surface area contributed by atoms with Crippen molar-refractivity contribution in [2.75, 3.05) is 0 Å². The van der Waals surface area contributed by atoms with Crippen molar-refractivity contribution in [3.63, 3.8) is 0 Å². The van der Waals surface area contributed by atoms with E-state index in [9.17, 15) is 0 Å². The topological polar surface area (TPSA) is 51.8 Å². The molecule has 2 heterocycles. The summed E-state index contributed by atoms with van der Waals surface area (Å²) in [6.45, 7) is 0. The molecule has 0 fully saturated rings. The van der Waals surface area contributed by atoms with Gasteiger partial charge in [-0.3, -0.25) is 0 Å². The first-order valence-corrected chi connectivity index (χ1v) is 21.0. The summed E-state index contributed by atoms with van der Waals surface area (Å²) in [4.78, 5) is 15.8. The molecule has 0 unspecified atom stereocenters. The fraction of sp³-hybridized carbons (Fsp3) is 0.0172. The van der Waals surface area contributed by atoms with E-state index < -0.39 is 5.41 Å². The molecular formula is C58H37N3O. The molecule has 4 heteroatoms. The Kier molecular flexibility index (Phi) is 8.36. The minimum Gasteiger partial charge on any atom is -0.455 e. The lowest BCUT2D eigenvalue weighted by molar-refractivity contribution is 0.670. The van der Waals surface area contributed by atoms with Crippen LogP contribution in [0, 0.1) is 0 Å². The number of fused-ring (bicyclic) bond motifs is 6. The van der Waals surface area contributed by atoms with Crippen molar-refractivity contribution in [2.24, 2.45) is 0 Å². The summed E-state index contributed by atoms with van der Waals surface area (Å²) in [6.07, 6.45) is 0. The minimum atomic E-state index is -0.556. The standard InChI is InChI=1S/C58H37N3O/c1-4-17-38(18-5-1)39-31-33-40(34-32-39)45-35-36-49(53-48-27-12-15-30-52(48)62-54(45)53)57-60-55(41-19-6-2-7-20-41)59-56(61-57)42-21-16-24-44(37-42)58(43-22-8-3-9-23-43)50-28-13-10-25-46(50)47-26-11-14-29-51(47)58/h1-37H. The summed E-state index contributed by atoms with van der Waals surface area (Å²) in [5, 5.41) is 1.98. The third-order valence-electron chi connectivity index (χ3n) is 12.5. The highest BCUT2D eigenvalue weighted by Crippen LogP contribution is 2.56. The first-order chi connectivity index (χ1) is 30.7. The average Bonchev–Trinajstić information content (AvgIpc) is 3.89. The van der Waals surface area contributed by atoms with E-state index in [2.05, 4.69) is 188 Å². The lowest BCUT2D eigenvalue weighted by atomic mass is 9.67. The van der Waals surface area contributed by atoms with Crippen LogP contribution < -0.4 is 0 Å². The van der Waals surface area contributed by atoms with Gasteiger partial charge in [0.05, 0.1) is 5.41 Å². The van der Waals surface area contributed by atoms with Gasteiger partial charge in [-0.2, -0.15) is 0 Å². The number of aromatic nitrogens is 3. The van der Waals surface area contributed by atoms with Crippen LogP contribution >= 0.6 is 0 Å². The highest BCUT2D eigenvalue weighted by molar-refractivity contribution is 6.15. The lowest BCUT2D eigenvalue weighted by Gasteiger charge is -2.34. The Morgan fingerprint density at radius 3 is 1.53 bits per heavy atom. The number of rotatable bonds is 7. The van der Waals surface area contributed by atoms with E-state index in [1.54, 1.807) is 0 Å². The van der Waals surface area contributed by atoms with Crippen LogP contribution in [0.4, 0.5) is 0 Å². The maximum Gasteiger partial charge on any atom is 0.164 e. The van der Waals surface area contributed by atoms with Crippen LogP contribution in [0.1, 0.15) is 22.3 Å². The molecule has 0 atom stereocenters. The highest BCUT2D eigenvalue weighted by Gasteiger charge is 2.46. The number of hydrogen-bond donors (Lipinski definition) is 0. The fourth-order valence-corrected chi connectivity index (χ4v) is 9.66. The second-order valence-corrected chi connectivity index (χ2v) is 15.9. The number of furan rings is 1. The van der Waals surface area contributed by atoms with E-state index in [4.69, 9.17) is 19.4 Å². The average molecular weight is 792 g/mol. The van der Waals surface area contributed by atoms with Crippen molar-refractivity contribution < 1.29 is 4.42 Å². The second-order valence-electron chi connectivity index (χ2n) is 15.9. The van der Waals surface area contributed by atoms with Crippen LogP contribution in [0.15, 0.2) is 229 Å². The van der Waals surface area contributed by atoms with Crippen LogP contribution in [0.2, 0.25) is 0 Å². The van der Waals surface area contributed by atoms with E-state index in [1.807, 2.05) is 36.4 Å². The zero-order valence-corrected chi connectivity index (χ0v) is 33.6. The molecule has 62 heavy (non-hydrogen) atoms. The van der Waals surface area contributed by atoms with Gasteiger partial charge >= 0.3 is 0 Å². The van der Waals surface area contributed by atoms with Gasteiger partial charge in [0.2, 0.25) is 0 Å². The van der Waals surface area contributed by atoms with E-state index in [0.717, 1.165) is 60.9 Å². The summed E-state index contributed by atoms with van der Waals surface area (Å²) in [5.74, 6) is 1.78. The molecule has 0 spiro atoms. The van der Waals surface area contributed by atoms with Gasteiger partial charge in [0.1, 0.15) is 11.2 Å². The third kappa shape index (κ3) is 5.65.